The average molecular weight is 295 g/mol. The molecule has 0 spiro atoms. The van der Waals surface area contributed by atoms with Crippen LogP contribution in [0.1, 0.15) is 18.4 Å². The topological polar surface area (TPSA) is 41.3 Å². The van der Waals surface area contributed by atoms with Crippen LogP contribution in [0.5, 0.6) is 0 Å². The highest BCUT2D eigenvalue weighted by atomic mass is 16.5. The Morgan fingerprint density at radius 1 is 1.27 bits per heavy atom. The molecule has 0 radical (unpaired) electrons. The summed E-state index contributed by atoms with van der Waals surface area (Å²) >= 11 is 0. The highest BCUT2D eigenvalue weighted by Gasteiger charge is 2.44. The molecule has 1 N–H and O–H groups in total. The van der Waals surface area contributed by atoms with Crippen molar-refractivity contribution in [3.63, 3.8) is 0 Å². The van der Waals surface area contributed by atoms with Gasteiger partial charge in [0.05, 0.1) is 11.3 Å². The van der Waals surface area contributed by atoms with E-state index >= 15 is 0 Å². The molecule has 4 rings (SSSR count). The fourth-order valence-electron chi connectivity index (χ4n) is 3.49. The Kier molecular flexibility index (Phi) is 3.29. The van der Waals surface area contributed by atoms with E-state index in [1.807, 2.05) is 12.1 Å². The number of hydrogen-bond donors (Lipinski definition) is 1. The molecule has 112 valence electrons. The molecule has 1 aromatic carbocycles. The van der Waals surface area contributed by atoms with Gasteiger partial charge in [-0.25, -0.2) is 0 Å². The zero-order valence-electron chi connectivity index (χ0n) is 12.4. The molecule has 0 bridgehead atoms. The third kappa shape index (κ3) is 2.15. The number of ether oxygens (including phenoxy) is 1. The van der Waals surface area contributed by atoms with Crippen LogP contribution < -0.4 is 5.32 Å². The van der Waals surface area contributed by atoms with Crippen molar-refractivity contribution in [3.05, 3.63) is 75.8 Å². The summed E-state index contributed by atoms with van der Waals surface area (Å²) in [6, 6.07) is 10.4. The Hall–Kier alpha value is -2.36. The molecule has 4 heteroatoms. The Morgan fingerprint density at radius 3 is 3.00 bits per heavy atom. The molecule has 3 aliphatic heterocycles. The van der Waals surface area contributed by atoms with Gasteiger partial charge in [-0.3, -0.25) is 0 Å². The molecular formula is C18H19N2O2+. The van der Waals surface area contributed by atoms with E-state index in [1.54, 1.807) is 0 Å². The van der Waals surface area contributed by atoms with Gasteiger partial charge in [0.15, 0.2) is 0 Å². The van der Waals surface area contributed by atoms with Crippen LogP contribution in [0.3, 0.4) is 0 Å². The molecule has 1 aromatic rings. The lowest BCUT2D eigenvalue weighted by Gasteiger charge is -2.29. The molecule has 0 amide bonds. The smallest absolute Gasteiger partial charge is 0.426 e. The quantitative estimate of drug-likeness (QED) is 0.853. The van der Waals surface area contributed by atoms with Crippen molar-refractivity contribution in [2.75, 3.05) is 13.2 Å². The number of rotatable bonds is 2. The molecule has 0 fully saturated rings. The van der Waals surface area contributed by atoms with Crippen LogP contribution in [0, 0.1) is 10.8 Å². The maximum absolute atomic E-state index is 12.6. The molecule has 1 atom stereocenters. The van der Waals surface area contributed by atoms with Crippen molar-refractivity contribution < 1.29 is 9.50 Å². The van der Waals surface area contributed by atoms with Gasteiger partial charge in [0, 0.05) is 23.8 Å². The maximum Gasteiger partial charge on any atom is 0.426 e. The van der Waals surface area contributed by atoms with Gasteiger partial charge in [-0.1, -0.05) is 30.3 Å². The number of nitrogens with zero attached hydrogens (tertiary/aromatic N) is 1. The third-order valence-electron chi connectivity index (χ3n) is 4.51. The molecule has 0 aromatic heterocycles. The number of allylic oxidation sites excluding steroid dienone is 3. The van der Waals surface area contributed by atoms with Crippen LogP contribution in [0.15, 0.2) is 65.3 Å². The summed E-state index contributed by atoms with van der Waals surface area (Å²) in [6.07, 6.45) is 6.73. The number of nitroso groups, excluding NO2 is 1. The SMILES string of the molecule is O=[N+]1C2=C(NCCC2)C(Cc2ccccc2)C2=C1OCC=C2. The lowest BCUT2D eigenvalue weighted by Crippen LogP contribution is -2.37. The van der Waals surface area contributed by atoms with Crippen molar-refractivity contribution in [2.45, 2.75) is 19.3 Å². The minimum absolute atomic E-state index is 0.175. The lowest BCUT2D eigenvalue weighted by molar-refractivity contribution is -0.490. The van der Waals surface area contributed by atoms with Gasteiger partial charge in [0.1, 0.15) is 11.4 Å². The van der Waals surface area contributed by atoms with E-state index in [9.17, 15) is 4.91 Å². The standard InChI is InChI=1S/C18H19N2O2/c21-20-16-9-4-10-19-17(16)15(12-13-6-2-1-3-7-13)14-8-5-11-22-18(14)20/h1-3,5-8,15,19H,4,9-12H2/q+1. The van der Waals surface area contributed by atoms with Crippen molar-refractivity contribution in [2.24, 2.45) is 5.92 Å². The van der Waals surface area contributed by atoms with Crippen LogP contribution in [-0.2, 0) is 11.2 Å². The van der Waals surface area contributed by atoms with E-state index in [0.29, 0.717) is 12.5 Å². The number of hydrogen-bond acceptors (Lipinski definition) is 3. The highest BCUT2D eigenvalue weighted by Crippen LogP contribution is 2.39. The zero-order chi connectivity index (χ0) is 14.9. The monoisotopic (exact) mass is 295 g/mol. The van der Waals surface area contributed by atoms with Crippen molar-refractivity contribution in [1.82, 2.24) is 5.32 Å². The minimum atomic E-state index is 0.175. The summed E-state index contributed by atoms with van der Waals surface area (Å²) in [6.45, 7) is 1.41. The predicted octanol–water partition coefficient (Wildman–Crippen LogP) is 3.03. The first-order valence-corrected chi connectivity index (χ1v) is 7.86. The van der Waals surface area contributed by atoms with Crippen molar-refractivity contribution >= 4 is 0 Å². The summed E-state index contributed by atoms with van der Waals surface area (Å²) in [5, 5.41) is 3.47. The molecule has 0 saturated carbocycles. The first-order chi connectivity index (χ1) is 10.8. The van der Waals surface area contributed by atoms with Gasteiger partial charge in [-0.15, -0.1) is 0 Å². The fraction of sp³-hybridized carbons (Fsp3) is 0.333. The second-order valence-corrected chi connectivity index (χ2v) is 5.90. The van der Waals surface area contributed by atoms with Crippen LogP contribution >= 0.6 is 0 Å². The summed E-state index contributed by atoms with van der Waals surface area (Å²) in [7, 11) is 0. The zero-order valence-corrected chi connectivity index (χ0v) is 12.4. The normalized spacial score (nSPS) is 23.6. The Morgan fingerprint density at radius 2 is 2.14 bits per heavy atom. The van der Waals surface area contributed by atoms with Crippen LogP contribution in [0.25, 0.3) is 0 Å². The molecule has 4 nitrogen and oxygen atoms in total. The summed E-state index contributed by atoms with van der Waals surface area (Å²) in [4.78, 5) is 12.6. The molecule has 3 aliphatic rings. The van der Waals surface area contributed by atoms with Gasteiger partial charge < -0.3 is 10.1 Å². The summed E-state index contributed by atoms with van der Waals surface area (Å²) in [5.74, 6) is 0.667. The molecule has 22 heavy (non-hydrogen) atoms. The minimum Gasteiger partial charge on any atom is -0.437 e. The van der Waals surface area contributed by atoms with Crippen LogP contribution in [0.4, 0.5) is 0 Å². The maximum atomic E-state index is 12.6. The van der Waals surface area contributed by atoms with E-state index < -0.39 is 0 Å². The molecule has 1 unspecified atom stereocenters. The van der Waals surface area contributed by atoms with Gasteiger partial charge in [0.2, 0.25) is 0 Å². The van der Waals surface area contributed by atoms with Gasteiger partial charge in [-0.05, 0) is 30.6 Å². The molecule has 0 aliphatic carbocycles. The second kappa shape index (κ2) is 5.44. The Labute approximate surface area is 129 Å². The molecule has 0 saturated heterocycles. The highest BCUT2D eigenvalue weighted by molar-refractivity contribution is 5.38. The largest absolute Gasteiger partial charge is 0.437 e. The Bertz CT molecular complexity index is 701. The number of nitrogens with one attached hydrogen (secondary N) is 1. The molecule has 3 heterocycles. The third-order valence-corrected chi connectivity index (χ3v) is 4.51. The lowest BCUT2D eigenvalue weighted by atomic mass is 9.83. The van der Waals surface area contributed by atoms with E-state index in [2.05, 4.69) is 35.7 Å². The predicted molar refractivity (Wildman–Crippen MR) is 83.6 cm³/mol. The molecular weight excluding hydrogens is 276 g/mol. The van der Waals surface area contributed by atoms with E-state index in [0.717, 1.165) is 47.5 Å². The second-order valence-electron chi connectivity index (χ2n) is 5.90. The van der Waals surface area contributed by atoms with E-state index in [1.165, 1.54) is 5.56 Å². The van der Waals surface area contributed by atoms with Crippen LogP contribution in [0.2, 0.25) is 0 Å². The number of benzene rings is 1. The Balaban J connectivity index is 1.77. The van der Waals surface area contributed by atoms with Gasteiger partial charge >= 0.3 is 5.88 Å². The first-order valence-electron chi connectivity index (χ1n) is 7.86. The van der Waals surface area contributed by atoms with Crippen molar-refractivity contribution in [3.8, 4) is 0 Å². The summed E-state index contributed by atoms with van der Waals surface area (Å²) < 4.78 is 6.66. The van der Waals surface area contributed by atoms with E-state index in [4.69, 9.17) is 4.74 Å². The van der Waals surface area contributed by atoms with Crippen LogP contribution in [-0.4, -0.2) is 17.9 Å². The van der Waals surface area contributed by atoms with E-state index in [-0.39, 0.29) is 5.92 Å². The van der Waals surface area contributed by atoms with Gasteiger partial charge in [-0.2, -0.15) is 0 Å². The fourth-order valence-corrected chi connectivity index (χ4v) is 3.49. The average Bonchev–Trinajstić information content (AvgIpc) is 2.59. The summed E-state index contributed by atoms with van der Waals surface area (Å²) in [5.41, 5.74) is 4.20. The van der Waals surface area contributed by atoms with Crippen molar-refractivity contribution in [1.29, 1.82) is 0 Å². The first kappa shape index (κ1) is 13.3. The van der Waals surface area contributed by atoms with Gasteiger partial charge in [0.25, 0.3) is 5.70 Å².